The fraction of sp³-hybridized carbons (Fsp3) is 0.316. The molecule has 1 N–H and O–H groups in total. The Morgan fingerprint density at radius 2 is 1.96 bits per heavy atom. The van der Waals surface area contributed by atoms with Crippen molar-refractivity contribution in [1.82, 2.24) is 4.90 Å². The molecule has 27 heavy (non-hydrogen) atoms. The van der Waals surface area contributed by atoms with Gasteiger partial charge in [0.1, 0.15) is 0 Å². The molecule has 0 radical (unpaired) electrons. The molecular weight excluding hydrogens is 378 g/mol. The van der Waals surface area contributed by atoms with Crippen LogP contribution in [-0.4, -0.2) is 38.1 Å². The molecule has 1 amide bonds. The largest absolute Gasteiger partial charge is 0.493 e. The van der Waals surface area contributed by atoms with Crippen molar-refractivity contribution in [3.05, 3.63) is 52.5 Å². The number of methoxy groups -OCH3 is 1. The summed E-state index contributed by atoms with van der Waals surface area (Å²) in [6.07, 6.45) is 0. The normalized spacial score (nSPS) is 11.0. The van der Waals surface area contributed by atoms with Crippen LogP contribution in [0.3, 0.4) is 0 Å². The number of amides is 1. The number of hydrogen-bond acceptors (Lipinski definition) is 4. The van der Waals surface area contributed by atoms with Crippen LogP contribution in [0.4, 0.5) is 14.5 Å². The molecule has 0 aliphatic heterocycles. The van der Waals surface area contributed by atoms with E-state index in [9.17, 15) is 13.6 Å². The molecule has 0 aliphatic carbocycles. The molecule has 0 spiro atoms. The Labute approximate surface area is 161 Å². The van der Waals surface area contributed by atoms with Crippen LogP contribution in [-0.2, 0) is 11.3 Å². The van der Waals surface area contributed by atoms with E-state index in [2.05, 4.69) is 10.1 Å². The highest BCUT2D eigenvalue weighted by Gasteiger charge is 2.13. The van der Waals surface area contributed by atoms with Crippen LogP contribution >= 0.6 is 11.6 Å². The number of anilines is 1. The number of rotatable bonds is 8. The van der Waals surface area contributed by atoms with Crippen molar-refractivity contribution in [2.45, 2.75) is 20.1 Å². The first-order valence-corrected chi connectivity index (χ1v) is 8.52. The molecule has 0 aromatic heterocycles. The molecule has 0 saturated heterocycles. The Hall–Kier alpha value is -2.38. The number of alkyl halides is 2. The summed E-state index contributed by atoms with van der Waals surface area (Å²) in [5, 5.41) is 3.35. The van der Waals surface area contributed by atoms with E-state index < -0.39 is 6.61 Å². The Balaban J connectivity index is 1.97. The van der Waals surface area contributed by atoms with Gasteiger partial charge in [-0.2, -0.15) is 8.78 Å². The first-order valence-electron chi connectivity index (χ1n) is 8.14. The maximum atomic E-state index is 12.5. The van der Waals surface area contributed by atoms with Crippen LogP contribution in [0.2, 0.25) is 5.02 Å². The summed E-state index contributed by atoms with van der Waals surface area (Å²) in [6.45, 7) is -0.587. The number of aryl methyl sites for hydroxylation is 1. The van der Waals surface area contributed by atoms with Gasteiger partial charge in [0.05, 0.1) is 13.7 Å². The maximum absolute atomic E-state index is 12.5. The van der Waals surface area contributed by atoms with Gasteiger partial charge in [-0.1, -0.05) is 23.7 Å². The zero-order chi connectivity index (χ0) is 20.0. The van der Waals surface area contributed by atoms with E-state index in [1.54, 1.807) is 36.2 Å². The third-order valence-corrected chi connectivity index (χ3v) is 4.17. The summed E-state index contributed by atoms with van der Waals surface area (Å²) in [6, 6.07) is 10.0. The van der Waals surface area contributed by atoms with Gasteiger partial charge >= 0.3 is 6.61 Å². The number of carbonyl (C=O) groups is 1. The van der Waals surface area contributed by atoms with Crippen LogP contribution in [0.5, 0.6) is 11.5 Å². The van der Waals surface area contributed by atoms with E-state index >= 15 is 0 Å². The molecule has 0 aliphatic rings. The summed E-state index contributed by atoms with van der Waals surface area (Å²) < 4.78 is 34.5. The summed E-state index contributed by atoms with van der Waals surface area (Å²) in [5.74, 6) is -0.0390. The monoisotopic (exact) mass is 398 g/mol. The number of ether oxygens (including phenoxy) is 2. The van der Waals surface area contributed by atoms with Gasteiger partial charge in [-0.25, -0.2) is 0 Å². The molecular formula is C19H21ClF2N2O3. The highest BCUT2D eigenvalue weighted by atomic mass is 35.5. The van der Waals surface area contributed by atoms with Crippen LogP contribution < -0.4 is 14.8 Å². The minimum absolute atomic E-state index is 0.0443. The number of nitrogens with zero attached hydrogens (tertiary/aromatic N) is 1. The fourth-order valence-electron chi connectivity index (χ4n) is 2.49. The van der Waals surface area contributed by atoms with Crippen molar-refractivity contribution in [2.24, 2.45) is 0 Å². The van der Waals surface area contributed by atoms with Crippen LogP contribution in [0.15, 0.2) is 36.4 Å². The minimum Gasteiger partial charge on any atom is -0.493 e. The Bertz CT molecular complexity index is 803. The van der Waals surface area contributed by atoms with E-state index in [0.29, 0.717) is 22.8 Å². The molecule has 5 nitrogen and oxygen atoms in total. The van der Waals surface area contributed by atoms with Crippen molar-refractivity contribution in [3.8, 4) is 11.5 Å². The third-order valence-electron chi connectivity index (χ3n) is 3.77. The van der Waals surface area contributed by atoms with Crippen LogP contribution in [0.25, 0.3) is 0 Å². The minimum atomic E-state index is -2.95. The molecule has 0 bridgehead atoms. The average molecular weight is 399 g/mol. The molecule has 0 fully saturated rings. The fourth-order valence-corrected chi connectivity index (χ4v) is 2.67. The van der Waals surface area contributed by atoms with Crippen LogP contribution in [0.1, 0.15) is 11.1 Å². The standard InChI is InChI=1S/C19H21ClF2N2O3/c1-12-4-6-14(9-15(12)20)23-18(25)11-24(2)10-13-5-7-16(26-3)17(8-13)27-19(21)22/h4-9,19H,10-11H2,1-3H3,(H,23,25). The molecule has 0 atom stereocenters. The van der Waals surface area contributed by atoms with Gasteiger partial charge in [0.2, 0.25) is 5.91 Å². The quantitative estimate of drug-likeness (QED) is 0.719. The number of nitrogens with one attached hydrogen (secondary N) is 1. The molecule has 8 heteroatoms. The third kappa shape index (κ3) is 6.37. The number of hydrogen-bond donors (Lipinski definition) is 1. The zero-order valence-corrected chi connectivity index (χ0v) is 16.0. The van der Waals surface area contributed by atoms with Gasteiger partial charge < -0.3 is 14.8 Å². The lowest BCUT2D eigenvalue weighted by Gasteiger charge is -2.18. The summed E-state index contributed by atoms with van der Waals surface area (Å²) in [5.41, 5.74) is 2.24. The van der Waals surface area contributed by atoms with Crippen LogP contribution in [0, 0.1) is 6.92 Å². The lowest BCUT2D eigenvalue weighted by molar-refractivity contribution is -0.117. The molecule has 2 rings (SSSR count). The molecule has 0 saturated carbocycles. The van der Waals surface area contributed by atoms with E-state index in [1.807, 2.05) is 13.0 Å². The summed E-state index contributed by atoms with van der Waals surface area (Å²) in [7, 11) is 3.13. The highest BCUT2D eigenvalue weighted by Crippen LogP contribution is 2.29. The molecule has 2 aromatic carbocycles. The average Bonchev–Trinajstić information content (AvgIpc) is 2.57. The zero-order valence-electron chi connectivity index (χ0n) is 15.3. The van der Waals surface area contributed by atoms with Gasteiger partial charge in [0.15, 0.2) is 11.5 Å². The lowest BCUT2D eigenvalue weighted by Crippen LogP contribution is -2.29. The second-order valence-corrected chi connectivity index (χ2v) is 6.46. The van der Waals surface area contributed by atoms with Crippen molar-refractivity contribution >= 4 is 23.2 Å². The lowest BCUT2D eigenvalue weighted by atomic mass is 10.2. The smallest absolute Gasteiger partial charge is 0.387 e. The predicted octanol–water partition coefficient (Wildman–Crippen LogP) is 4.33. The second-order valence-electron chi connectivity index (χ2n) is 6.05. The number of likely N-dealkylation sites (N-methyl/N-ethyl adjacent to an activating group) is 1. The highest BCUT2D eigenvalue weighted by molar-refractivity contribution is 6.31. The molecule has 0 heterocycles. The van der Waals surface area contributed by atoms with Crippen molar-refractivity contribution in [1.29, 1.82) is 0 Å². The van der Waals surface area contributed by atoms with Gasteiger partial charge in [0.25, 0.3) is 0 Å². The number of benzene rings is 2. The SMILES string of the molecule is COc1ccc(CN(C)CC(=O)Nc2ccc(C)c(Cl)c2)cc1OC(F)F. The summed E-state index contributed by atoms with van der Waals surface area (Å²) in [4.78, 5) is 13.9. The topological polar surface area (TPSA) is 50.8 Å². The van der Waals surface area contributed by atoms with E-state index in [1.165, 1.54) is 13.2 Å². The predicted molar refractivity (Wildman–Crippen MR) is 101 cm³/mol. The second kappa shape index (κ2) is 9.53. The van der Waals surface area contributed by atoms with Gasteiger partial charge in [-0.15, -0.1) is 0 Å². The van der Waals surface area contributed by atoms with E-state index in [-0.39, 0.29) is 24.0 Å². The van der Waals surface area contributed by atoms with Crippen molar-refractivity contribution < 1.29 is 23.0 Å². The van der Waals surface area contributed by atoms with Crippen molar-refractivity contribution in [2.75, 3.05) is 26.0 Å². The number of carbonyl (C=O) groups excluding carboxylic acids is 1. The van der Waals surface area contributed by atoms with Gasteiger partial charge in [-0.05, 0) is 49.4 Å². The number of halogens is 3. The molecule has 2 aromatic rings. The Morgan fingerprint density at radius 1 is 1.22 bits per heavy atom. The first kappa shape index (κ1) is 20.9. The summed E-state index contributed by atoms with van der Waals surface area (Å²) >= 11 is 6.05. The first-order chi connectivity index (χ1) is 12.8. The van der Waals surface area contributed by atoms with E-state index in [4.69, 9.17) is 16.3 Å². The van der Waals surface area contributed by atoms with Gasteiger partial charge in [-0.3, -0.25) is 9.69 Å². The Kier molecular flexibility index (Phi) is 7.38. The molecule has 146 valence electrons. The molecule has 0 unspecified atom stereocenters. The van der Waals surface area contributed by atoms with Gasteiger partial charge in [0, 0.05) is 17.3 Å². The Morgan fingerprint density at radius 3 is 2.59 bits per heavy atom. The van der Waals surface area contributed by atoms with Crippen molar-refractivity contribution in [3.63, 3.8) is 0 Å². The maximum Gasteiger partial charge on any atom is 0.387 e. The van der Waals surface area contributed by atoms with E-state index in [0.717, 1.165) is 5.56 Å².